The molecule has 6 heteroatoms. The average molecular weight is 383 g/mol. The lowest BCUT2D eigenvalue weighted by atomic mass is 10.0. The van der Waals surface area contributed by atoms with Crippen LogP contribution in [0.1, 0.15) is 64.3 Å². The van der Waals surface area contributed by atoms with E-state index < -0.39 is 18.0 Å². The molecule has 148 valence electrons. The van der Waals surface area contributed by atoms with Crippen LogP contribution in [0.25, 0.3) is 0 Å². The Balaban J connectivity index is 1.91. The number of β-amino-alcohol motifs (C(OH)–C–C–N with tert-alkyl or cyclic N) is 1. The van der Waals surface area contributed by atoms with Crippen molar-refractivity contribution in [2.45, 2.75) is 45.9 Å². The van der Waals surface area contributed by atoms with Gasteiger partial charge in [0.1, 0.15) is 12.4 Å². The number of fused-ring (bicyclic) bond motifs is 2. The van der Waals surface area contributed by atoms with Crippen LogP contribution in [-0.4, -0.2) is 29.1 Å². The predicted octanol–water partition coefficient (Wildman–Crippen LogP) is 3.31. The van der Waals surface area contributed by atoms with Crippen LogP contribution in [-0.2, 0) is 11.3 Å². The summed E-state index contributed by atoms with van der Waals surface area (Å²) in [5.74, 6) is -0.867. The summed E-state index contributed by atoms with van der Waals surface area (Å²) in [6, 6.07) is 10.0. The van der Waals surface area contributed by atoms with Crippen molar-refractivity contribution in [2.75, 3.05) is 6.54 Å². The Bertz CT molecular complexity index is 914. The van der Waals surface area contributed by atoms with Gasteiger partial charge in [0.25, 0.3) is 0 Å². The molecule has 0 amide bonds. The van der Waals surface area contributed by atoms with Gasteiger partial charge >= 0.3 is 11.9 Å². The van der Waals surface area contributed by atoms with Crippen molar-refractivity contribution >= 4 is 11.9 Å². The van der Waals surface area contributed by atoms with Gasteiger partial charge in [-0.05, 0) is 57.0 Å². The minimum atomic E-state index is -0.747. The molecule has 0 aromatic heterocycles. The summed E-state index contributed by atoms with van der Waals surface area (Å²) >= 11 is 0. The molecule has 1 unspecified atom stereocenters. The minimum absolute atomic E-state index is 0.0535. The van der Waals surface area contributed by atoms with E-state index >= 15 is 0 Å². The average Bonchev–Trinajstić information content (AvgIpc) is 2.68. The molecule has 0 radical (unpaired) electrons. The standard InChI is InChI=1S/C22H25NO5/c1-13-6-5-7-16-19(13)21(26)28-18-9-8-14(10-15(18)12-27-20(16)25)17(24)11-23-22(2,3)4/h5-10,17,23-24H,11-12H2,1-4H3. The molecule has 1 atom stereocenters. The fraction of sp³-hybridized carbons (Fsp3) is 0.364. The number of carbonyl (C=O) groups excluding carboxylic acids is 2. The summed E-state index contributed by atoms with van der Waals surface area (Å²) in [5.41, 5.74) is 2.08. The Morgan fingerprint density at radius 2 is 1.89 bits per heavy atom. The SMILES string of the molecule is Cc1cccc2c1C(=O)Oc1ccc(C(O)CNC(C)(C)C)cc1COC2=O. The maximum atomic E-state index is 12.7. The van der Waals surface area contributed by atoms with Crippen LogP contribution < -0.4 is 10.1 Å². The molecule has 0 bridgehead atoms. The first-order valence-corrected chi connectivity index (χ1v) is 9.20. The van der Waals surface area contributed by atoms with Crippen molar-refractivity contribution in [3.8, 4) is 5.75 Å². The molecular formula is C22H25NO5. The number of cyclic esters (lactones) is 1. The number of hydrogen-bond donors (Lipinski definition) is 2. The Morgan fingerprint density at radius 1 is 1.14 bits per heavy atom. The number of aliphatic hydroxyl groups is 1. The third-order valence-corrected chi connectivity index (χ3v) is 4.55. The van der Waals surface area contributed by atoms with Crippen molar-refractivity contribution in [3.63, 3.8) is 0 Å². The van der Waals surface area contributed by atoms with Gasteiger partial charge in [-0.2, -0.15) is 0 Å². The molecule has 0 spiro atoms. The van der Waals surface area contributed by atoms with Crippen LogP contribution in [0.3, 0.4) is 0 Å². The number of aliphatic hydroxyl groups excluding tert-OH is 1. The van der Waals surface area contributed by atoms with Gasteiger partial charge in [0.15, 0.2) is 0 Å². The monoisotopic (exact) mass is 383 g/mol. The first-order chi connectivity index (χ1) is 13.2. The molecule has 6 nitrogen and oxygen atoms in total. The lowest BCUT2D eigenvalue weighted by Crippen LogP contribution is -2.38. The van der Waals surface area contributed by atoms with E-state index in [1.54, 1.807) is 43.3 Å². The van der Waals surface area contributed by atoms with Gasteiger partial charge in [0.05, 0.1) is 17.2 Å². The van der Waals surface area contributed by atoms with E-state index in [0.29, 0.717) is 29.0 Å². The van der Waals surface area contributed by atoms with Gasteiger partial charge in [-0.25, -0.2) is 9.59 Å². The van der Waals surface area contributed by atoms with Crippen molar-refractivity contribution in [2.24, 2.45) is 0 Å². The highest BCUT2D eigenvalue weighted by atomic mass is 16.5. The summed E-state index contributed by atoms with van der Waals surface area (Å²) in [7, 11) is 0. The molecule has 0 aliphatic carbocycles. The lowest BCUT2D eigenvalue weighted by Gasteiger charge is -2.23. The van der Waals surface area contributed by atoms with Crippen molar-refractivity contribution in [1.29, 1.82) is 0 Å². The highest BCUT2D eigenvalue weighted by molar-refractivity contribution is 6.05. The van der Waals surface area contributed by atoms with E-state index in [4.69, 9.17) is 9.47 Å². The minimum Gasteiger partial charge on any atom is -0.457 e. The molecule has 0 fully saturated rings. The maximum absolute atomic E-state index is 12.7. The first kappa shape index (κ1) is 20.0. The summed E-state index contributed by atoms with van der Waals surface area (Å²) < 4.78 is 11.0. The zero-order valence-corrected chi connectivity index (χ0v) is 16.5. The molecule has 1 aliphatic heterocycles. The number of hydrogen-bond acceptors (Lipinski definition) is 6. The molecule has 2 N–H and O–H groups in total. The van der Waals surface area contributed by atoms with E-state index in [1.165, 1.54) is 0 Å². The predicted molar refractivity (Wildman–Crippen MR) is 104 cm³/mol. The summed E-state index contributed by atoms with van der Waals surface area (Å²) in [6.45, 7) is 8.11. The molecule has 0 saturated carbocycles. The van der Waals surface area contributed by atoms with Gasteiger partial charge in [-0.15, -0.1) is 0 Å². The van der Waals surface area contributed by atoms with Crippen LogP contribution in [0.2, 0.25) is 0 Å². The van der Waals surface area contributed by atoms with Crippen molar-refractivity contribution < 1.29 is 24.2 Å². The molecule has 2 aromatic rings. The number of esters is 2. The molecule has 1 heterocycles. The Labute approximate surface area is 164 Å². The number of benzene rings is 2. The second-order valence-electron chi connectivity index (χ2n) is 7.98. The second kappa shape index (κ2) is 7.73. The van der Waals surface area contributed by atoms with Gasteiger partial charge in [0, 0.05) is 17.6 Å². The Morgan fingerprint density at radius 3 is 2.61 bits per heavy atom. The van der Waals surface area contributed by atoms with Crippen LogP contribution >= 0.6 is 0 Å². The third kappa shape index (κ3) is 4.40. The van der Waals surface area contributed by atoms with Gasteiger partial charge in [-0.1, -0.05) is 18.2 Å². The topological polar surface area (TPSA) is 84.9 Å². The smallest absolute Gasteiger partial charge is 0.344 e. The highest BCUT2D eigenvalue weighted by Crippen LogP contribution is 2.28. The molecular weight excluding hydrogens is 358 g/mol. The molecule has 2 aromatic carbocycles. The van der Waals surface area contributed by atoms with E-state index in [0.717, 1.165) is 0 Å². The molecule has 1 aliphatic rings. The fourth-order valence-electron chi connectivity index (χ4n) is 3.02. The Hall–Kier alpha value is -2.70. The third-order valence-electron chi connectivity index (χ3n) is 4.55. The summed E-state index contributed by atoms with van der Waals surface area (Å²) in [5, 5.41) is 13.7. The quantitative estimate of drug-likeness (QED) is 0.625. The number of aryl methyl sites for hydroxylation is 1. The molecule has 0 saturated heterocycles. The van der Waals surface area contributed by atoms with E-state index in [2.05, 4.69) is 5.32 Å². The second-order valence-corrected chi connectivity index (χ2v) is 7.98. The van der Waals surface area contributed by atoms with E-state index in [1.807, 2.05) is 20.8 Å². The zero-order chi connectivity index (χ0) is 20.5. The van der Waals surface area contributed by atoms with Gasteiger partial charge < -0.3 is 19.9 Å². The van der Waals surface area contributed by atoms with Crippen LogP contribution in [0.15, 0.2) is 36.4 Å². The van der Waals surface area contributed by atoms with Crippen molar-refractivity contribution in [1.82, 2.24) is 5.32 Å². The summed E-state index contributed by atoms with van der Waals surface area (Å²) in [6.07, 6.45) is -0.747. The van der Waals surface area contributed by atoms with Crippen molar-refractivity contribution in [3.05, 3.63) is 64.2 Å². The molecule has 3 rings (SSSR count). The number of ether oxygens (including phenoxy) is 2. The van der Waals surface area contributed by atoms with Crippen LogP contribution in [0.4, 0.5) is 0 Å². The first-order valence-electron chi connectivity index (χ1n) is 9.20. The van der Waals surface area contributed by atoms with Gasteiger partial charge in [0.2, 0.25) is 0 Å². The highest BCUT2D eigenvalue weighted by Gasteiger charge is 2.26. The number of carbonyl (C=O) groups is 2. The molecule has 28 heavy (non-hydrogen) atoms. The number of rotatable bonds is 3. The van der Waals surface area contributed by atoms with Crippen LogP contribution in [0.5, 0.6) is 5.75 Å². The van der Waals surface area contributed by atoms with E-state index in [-0.39, 0.29) is 23.3 Å². The summed E-state index contributed by atoms with van der Waals surface area (Å²) in [4.78, 5) is 25.1. The van der Waals surface area contributed by atoms with Gasteiger partial charge in [-0.3, -0.25) is 0 Å². The Kier molecular flexibility index (Phi) is 5.54. The number of nitrogens with one attached hydrogen (secondary N) is 1. The van der Waals surface area contributed by atoms with E-state index in [9.17, 15) is 14.7 Å². The largest absolute Gasteiger partial charge is 0.457 e. The lowest BCUT2D eigenvalue weighted by molar-refractivity contribution is 0.0471. The zero-order valence-electron chi connectivity index (χ0n) is 16.5. The normalized spacial score (nSPS) is 15.3. The van der Waals surface area contributed by atoms with Crippen LogP contribution in [0, 0.1) is 6.92 Å². The maximum Gasteiger partial charge on any atom is 0.344 e. The fourth-order valence-corrected chi connectivity index (χ4v) is 3.02.